The van der Waals surface area contributed by atoms with Gasteiger partial charge in [-0.25, -0.2) is 0 Å². The van der Waals surface area contributed by atoms with Crippen molar-refractivity contribution in [3.05, 3.63) is 52.5 Å². The highest BCUT2D eigenvalue weighted by molar-refractivity contribution is 5.95. The van der Waals surface area contributed by atoms with Crippen LogP contribution in [0.5, 0.6) is 0 Å². The lowest BCUT2D eigenvalue weighted by Gasteiger charge is -2.13. The minimum absolute atomic E-state index is 0.0332. The molecule has 2 aromatic rings. The average molecular weight is 368 g/mol. The molecule has 1 aliphatic rings. The summed E-state index contributed by atoms with van der Waals surface area (Å²) >= 11 is 0. The predicted molar refractivity (Wildman–Crippen MR) is 106 cm³/mol. The molecule has 3 rings (SSSR count). The molecule has 1 aromatic carbocycles. The van der Waals surface area contributed by atoms with E-state index in [9.17, 15) is 9.59 Å². The standard InChI is InChI=1S/C22H28N2O3/c1-13-9-15(3)22(16(4)10-13)24-21(26)12-23-20(25)8-6-17-5-7-19(27-17)18-11-14(18)2/h5,7,9-10,14,18H,6,8,11-12H2,1-4H3,(H,23,25)(H,24,26). The molecule has 0 spiro atoms. The Bertz CT molecular complexity index is 830. The number of anilines is 1. The van der Waals surface area contributed by atoms with Gasteiger partial charge in [-0.05, 0) is 56.4 Å². The molecule has 0 bridgehead atoms. The number of hydrogen-bond acceptors (Lipinski definition) is 3. The number of benzene rings is 1. The van der Waals surface area contributed by atoms with E-state index in [1.54, 1.807) is 0 Å². The maximum absolute atomic E-state index is 12.2. The highest BCUT2D eigenvalue weighted by atomic mass is 16.3. The molecule has 1 saturated carbocycles. The zero-order valence-electron chi connectivity index (χ0n) is 16.5. The number of carbonyl (C=O) groups is 2. The molecule has 2 atom stereocenters. The molecule has 1 heterocycles. The molecule has 1 aromatic heterocycles. The van der Waals surface area contributed by atoms with Crippen LogP contribution in [0.25, 0.3) is 0 Å². The van der Waals surface area contributed by atoms with Gasteiger partial charge in [-0.3, -0.25) is 9.59 Å². The maximum Gasteiger partial charge on any atom is 0.243 e. The second-order valence-corrected chi connectivity index (χ2v) is 7.72. The van der Waals surface area contributed by atoms with Crippen LogP contribution in [0.3, 0.4) is 0 Å². The predicted octanol–water partition coefficient (Wildman–Crippen LogP) is 4.02. The van der Waals surface area contributed by atoms with Crippen molar-refractivity contribution in [1.29, 1.82) is 0 Å². The molecule has 2 amide bonds. The van der Waals surface area contributed by atoms with Crippen LogP contribution >= 0.6 is 0 Å². The molecule has 5 heteroatoms. The third-order valence-corrected chi connectivity index (χ3v) is 5.14. The SMILES string of the molecule is Cc1cc(C)c(NC(=O)CNC(=O)CCc2ccc(C3CC3C)o2)c(C)c1. The third-order valence-electron chi connectivity index (χ3n) is 5.14. The van der Waals surface area contributed by atoms with Gasteiger partial charge in [0.05, 0.1) is 6.54 Å². The molecule has 5 nitrogen and oxygen atoms in total. The number of amides is 2. The van der Waals surface area contributed by atoms with Gasteiger partial charge >= 0.3 is 0 Å². The van der Waals surface area contributed by atoms with Crippen molar-refractivity contribution in [2.24, 2.45) is 5.92 Å². The lowest BCUT2D eigenvalue weighted by molar-refractivity contribution is -0.124. The van der Waals surface area contributed by atoms with Gasteiger partial charge < -0.3 is 15.1 Å². The largest absolute Gasteiger partial charge is 0.466 e. The summed E-state index contributed by atoms with van der Waals surface area (Å²) in [7, 11) is 0. The van der Waals surface area contributed by atoms with Gasteiger partial charge in [-0.1, -0.05) is 24.6 Å². The van der Waals surface area contributed by atoms with Crippen LogP contribution < -0.4 is 10.6 Å². The van der Waals surface area contributed by atoms with Crippen LogP contribution in [-0.2, 0) is 16.0 Å². The molecule has 2 N–H and O–H groups in total. The van der Waals surface area contributed by atoms with Crippen molar-refractivity contribution in [3.63, 3.8) is 0 Å². The Morgan fingerprint density at radius 2 is 1.78 bits per heavy atom. The molecule has 1 fully saturated rings. The summed E-state index contributed by atoms with van der Waals surface area (Å²) < 4.78 is 5.81. The molecule has 2 unspecified atom stereocenters. The Balaban J connectivity index is 1.42. The maximum atomic E-state index is 12.2. The lowest BCUT2D eigenvalue weighted by atomic mass is 10.1. The van der Waals surface area contributed by atoms with Crippen LogP contribution in [0.2, 0.25) is 0 Å². The second-order valence-electron chi connectivity index (χ2n) is 7.72. The zero-order valence-corrected chi connectivity index (χ0v) is 16.5. The Hall–Kier alpha value is -2.56. The fraction of sp³-hybridized carbons (Fsp3) is 0.455. The van der Waals surface area contributed by atoms with E-state index in [-0.39, 0.29) is 18.4 Å². The summed E-state index contributed by atoms with van der Waals surface area (Å²) in [5.74, 6) is 2.73. The van der Waals surface area contributed by atoms with Gasteiger partial charge in [-0.2, -0.15) is 0 Å². The monoisotopic (exact) mass is 368 g/mol. The van der Waals surface area contributed by atoms with Crippen molar-refractivity contribution < 1.29 is 14.0 Å². The van der Waals surface area contributed by atoms with Crippen molar-refractivity contribution >= 4 is 17.5 Å². The fourth-order valence-corrected chi connectivity index (χ4v) is 3.51. The van der Waals surface area contributed by atoms with E-state index in [1.807, 2.05) is 45.0 Å². The topological polar surface area (TPSA) is 71.3 Å². The van der Waals surface area contributed by atoms with Crippen LogP contribution in [0.1, 0.15) is 53.9 Å². The van der Waals surface area contributed by atoms with Crippen LogP contribution in [0.15, 0.2) is 28.7 Å². The summed E-state index contributed by atoms with van der Waals surface area (Å²) in [6.45, 7) is 8.14. The molecule has 0 saturated heterocycles. The first-order valence-corrected chi connectivity index (χ1v) is 9.56. The number of nitrogens with one attached hydrogen (secondary N) is 2. The van der Waals surface area contributed by atoms with Gasteiger partial charge in [-0.15, -0.1) is 0 Å². The molecule has 1 aliphatic carbocycles. The first-order valence-electron chi connectivity index (χ1n) is 9.56. The Kier molecular flexibility index (Phi) is 5.68. The number of hydrogen-bond donors (Lipinski definition) is 2. The number of furan rings is 1. The summed E-state index contributed by atoms with van der Waals surface area (Å²) in [6.07, 6.45) is 2.04. The summed E-state index contributed by atoms with van der Waals surface area (Å²) in [4.78, 5) is 24.2. The van der Waals surface area contributed by atoms with E-state index in [4.69, 9.17) is 4.42 Å². The van der Waals surface area contributed by atoms with Gasteiger partial charge in [0.1, 0.15) is 11.5 Å². The first kappa shape index (κ1) is 19.2. The van der Waals surface area contributed by atoms with E-state index in [0.717, 1.165) is 33.9 Å². The molecular weight excluding hydrogens is 340 g/mol. The first-order chi connectivity index (χ1) is 12.8. The highest BCUT2D eigenvalue weighted by Gasteiger charge is 2.36. The van der Waals surface area contributed by atoms with Crippen LogP contribution in [0, 0.1) is 26.7 Å². The van der Waals surface area contributed by atoms with Gasteiger partial charge in [0.25, 0.3) is 0 Å². The summed E-state index contributed by atoms with van der Waals surface area (Å²) in [5.41, 5.74) is 4.02. The third kappa shape index (κ3) is 5.00. The number of carbonyl (C=O) groups excluding carboxylic acids is 2. The quantitative estimate of drug-likeness (QED) is 0.775. The lowest BCUT2D eigenvalue weighted by Crippen LogP contribution is -2.33. The van der Waals surface area contributed by atoms with Gasteiger partial charge in [0.15, 0.2) is 0 Å². The van der Waals surface area contributed by atoms with E-state index >= 15 is 0 Å². The summed E-state index contributed by atoms with van der Waals surface area (Å²) in [5, 5.41) is 5.57. The fourth-order valence-electron chi connectivity index (χ4n) is 3.51. The molecule has 0 aliphatic heterocycles. The zero-order chi connectivity index (χ0) is 19.6. The van der Waals surface area contributed by atoms with E-state index in [0.29, 0.717) is 24.7 Å². The van der Waals surface area contributed by atoms with E-state index in [1.165, 1.54) is 6.42 Å². The van der Waals surface area contributed by atoms with Crippen molar-refractivity contribution in [1.82, 2.24) is 5.32 Å². The highest BCUT2D eigenvalue weighted by Crippen LogP contribution is 2.47. The molecule has 27 heavy (non-hydrogen) atoms. The number of rotatable bonds is 7. The molecular formula is C22H28N2O3. The molecule has 0 radical (unpaired) electrons. The minimum Gasteiger partial charge on any atom is -0.466 e. The average Bonchev–Trinajstić information content (AvgIpc) is 3.15. The van der Waals surface area contributed by atoms with Crippen molar-refractivity contribution in [2.75, 3.05) is 11.9 Å². The Morgan fingerprint density at radius 3 is 2.41 bits per heavy atom. The number of aryl methyl sites for hydroxylation is 4. The normalized spacial score (nSPS) is 18.2. The Labute approximate surface area is 160 Å². The van der Waals surface area contributed by atoms with E-state index in [2.05, 4.69) is 17.6 Å². The van der Waals surface area contributed by atoms with Gasteiger partial charge in [0.2, 0.25) is 11.8 Å². The van der Waals surface area contributed by atoms with E-state index < -0.39 is 0 Å². The second kappa shape index (κ2) is 7.99. The minimum atomic E-state index is -0.221. The van der Waals surface area contributed by atoms with Crippen LogP contribution in [0.4, 0.5) is 5.69 Å². The van der Waals surface area contributed by atoms with Gasteiger partial charge in [0, 0.05) is 24.4 Å². The molecule has 144 valence electrons. The Morgan fingerprint density at radius 1 is 1.11 bits per heavy atom. The smallest absolute Gasteiger partial charge is 0.243 e. The summed E-state index contributed by atoms with van der Waals surface area (Å²) in [6, 6.07) is 8.02. The van der Waals surface area contributed by atoms with Crippen LogP contribution in [-0.4, -0.2) is 18.4 Å². The van der Waals surface area contributed by atoms with Crippen molar-refractivity contribution in [2.45, 2.75) is 52.9 Å². The van der Waals surface area contributed by atoms with Crippen molar-refractivity contribution in [3.8, 4) is 0 Å².